The van der Waals surface area contributed by atoms with Gasteiger partial charge in [0.15, 0.2) is 0 Å². The fourth-order valence-electron chi connectivity index (χ4n) is 3.66. The fraction of sp³-hybridized carbons (Fsp3) is 0.350. The predicted molar refractivity (Wildman–Crippen MR) is 99.0 cm³/mol. The van der Waals surface area contributed by atoms with E-state index >= 15 is 0 Å². The van der Waals surface area contributed by atoms with Crippen molar-refractivity contribution in [3.05, 3.63) is 72.2 Å². The van der Waals surface area contributed by atoms with E-state index in [1.54, 1.807) is 18.5 Å². The molecule has 0 N–H and O–H groups in total. The molecular formula is C20H20F3N5. The normalized spacial score (nSPS) is 17.7. The zero-order valence-electron chi connectivity index (χ0n) is 15.2. The molecular weight excluding hydrogens is 367 g/mol. The molecule has 28 heavy (non-hydrogen) atoms. The van der Waals surface area contributed by atoms with E-state index in [0.29, 0.717) is 25.5 Å². The van der Waals surface area contributed by atoms with Crippen molar-refractivity contribution in [1.29, 1.82) is 0 Å². The van der Waals surface area contributed by atoms with E-state index in [2.05, 4.69) is 19.5 Å². The number of halogens is 3. The standard InChI is InChI=1S/C20H20F3N5/c21-20(22,23)17-6-1-7-18(26-17)27-10-3-5-16(14-27)19-25-9-11-28(19)13-15-4-2-8-24-12-15/h1-2,4,6-9,11-12,16H,3,5,10,13-14H2/t16-/m0/s1. The maximum atomic E-state index is 13.0. The lowest BCUT2D eigenvalue weighted by atomic mass is 9.97. The lowest BCUT2D eigenvalue weighted by Crippen LogP contribution is -2.36. The lowest BCUT2D eigenvalue weighted by molar-refractivity contribution is -0.141. The summed E-state index contributed by atoms with van der Waals surface area (Å²) in [6.45, 7) is 1.95. The van der Waals surface area contributed by atoms with Gasteiger partial charge >= 0.3 is 6.18 Å². The van der Waals surface area contributed by atoms with Crippen molar-refractivity contribution in [2.45, 2.75) is 31.5 Å². The highest BCUT2D eigenvalue weighted by Crippen LogP contribution is 2.32. The van der Waals surface area contributed by atoms with Crippen LogP contribution in [0.4, 0.5) is 19.0 Å². The van der Waals surface area contributed by atoms with Crippen LogP contribution in [0, 0.1) is 0 Å². The average Bonchev–Trinajstić information content (AvgIpc) is 3.16. The molecule has 1 aliphatic heterocycles. The molecule has 0 radical (unpaired) electrons. The van der Waals surface area contributed by atoms with Gasteiger partial charge in [-0.25, -0.2) is 9.97 Å². The van der Waals surface area contributed by atoms with Crippen LogP contribution < -0.4 is 4.90 Å². The molecule has 3 aromatic rings. The summed E-state index contributed by atoms with van der Waals surface area (Å²) in [7, 11) is 0. The Bertz CT molecular complexity index is 923. The van der Waals surface area contributed by atoms with Crippen LogP contribution in [0.2, 0.25) is 0 Å². The van der Waals surface area contributed by atoms with Crippen molar-refractivity contribution in [3.8, 4) is 0 Å². The van der Waals surface area contributed by atoms with E-state index in [-0.39, 0.29) is 5.92 Å². The van der Waals surface area contributed by atoms with Crippen molar-refractivity contribution in [2.75, 3.05) is 18.0 Å². The Kier molecular flexibility index (Phi) is 5.02. The third-order valence-corrected chi connectivity index (χ3v) is 4.96. The monoisotopic (exact) mass is 387 g/mol. The first-order chi connectivity index (χ1) is 13.5. The molecule has 0 unspecified atom stereocenters. The minimum Gasteiger partial charge on any atom is -0.356 e. The van der Waals surface area contributed by atoms with E-state index in [9.17, 15) is 13.2 Å². The van der Waals surface area contributed by atoms with E-state index in [1.165, 1.54) is 6.07 Å². The second-order valence-electron chi connectivity index (χ2n) is 6.94. The number of anilines is 1. The van der Waals surface area contributed by atoms with Crippen LogP contribution in [0.3, 0.4) is 0 Å². The van der Waals surface area contributed by atoms with Gasteiger partial charge in [-0.05, 0) is 36.6 Å². The third-order valence-electron chi connectivity index (χ3n) is 4.96. The molecule has 0 aromatic carbocycles. The van der Waals surface area contributed by atoms with Crippen molar-refractivity contribution in [1.82, 2.24) is 19.5 Å². The average molecular weight is 387 g/mol. The topological polar surface area (TPSA) is 46.8 Å². The number of rotatable bonds is 4. The van der Waals surface area contributed by atoms with Crippen LogP contribution in [0.5, 0.6) is 0 Å². The van der Waals surface area contributed by atoms with Gasteiger partial charge in [-0.3, -0.25) is 4.98 Å². The minimum absolute atomic E-state index is 0.136. The quantitative estimate of drug-likeness (QED) is 0.676. The van der Waals surface area contributed by atoms with Crippen molar-refractivity contribution in [2.24, 2.45) is 0 Å². The van der Waals surface area contributed by atoms with Crippen LogP contribution >= 0.6 is 0 Å². The highest BCUT2D eigenvalue weighted by atomic mass is 19.4. The Labute approximate surface area is 160 Å². The minimum atomic E-state index is -4.44. The molecule has 5 nitrogen and oxygen atoms in total. The summed E-state index contributed by atoms with van der Waals surface area (Å²) >= 11 is 0. The maximum Gasteiger partial charge on any atom is 0.433 e. The van der Waals surface area contributed by atoms with E-state index in [0.717, 1.165) is 30.3 Å². The maximum absolute atomic E-state index is 13.0. The number of pyridine rings is 2. The molecule has 0 amide bonds. The van der Waals surface area contributed by atoms with Crippen LogP contribution in [-0.4, -0.2) is 32.6 Å². The molecule has 8 heteroatoms. The SMILES string of the molecule is FC(F)(F)c1cccc(N2CCC[C@H](c3nccn3Cc3cccnc3)C2)n1. The number of alkyl halides is 3. The van der Waals surface area contributed by atoms with Gasteiger partial charge < -0.3 is 9.47 Å². The van der Waals surface area contributed by atoms with Gasteiger partial charge in [0.1, 0.15) is 17.3 Å². The zero-order valence-corrected chi connectivity index (χ0v) is 15.2. The van der Waals surface area contributed by atoms with Crippen molar-refractivity contribution in [3.63, 3.8) is 0 Å². The van der Waals surface area contributed by atoms with E-state index < -0.39 is 11.9 Å². The van der Waals surface area contributed by atoms with E-state index in [1.807, 2.05) is 29.4 Å². The van der Waals surface area contributed by atoms with Crippen LogP contribution in [0.1, 0.15) is 35.8 Å². The number of nitrogens with zero attached hydrogens (tertiary/aromatic N) is 5. The van der Waals surface area contributed by atoms with Gasteiger partial charge in [0.2, 0.25) is 0 Å². The molecule has 0 bridgehead atoms. The Hall–Kier alpha value is -2.90. The molecule has 4 rings (SSSR count). The highest BCUT2D eigenvalue weighted by Gasteiger charge is 2.33. The molecule has 1 atom stereocenters. The fourth-order valence-corrected chi connectivity index (χ4v) is 3.66. The summed E-state index contributed by atoms with van der Waals surface area (Å²) in [5.74, 6) is 1.45. The number of hydrogen-bond acceptors (Lipinski definition) is 4. The Balaban J connectivity index is 1.53. The van der Waals surface area contributed by atoms with Crippen LogP contribution in [0.25, 0.3) is 0 Å². The van der Waals surface area contributed by atoms with Crippen LogP contribution in [0.15, 0.2) is 55.1 Å². The summed E-state index contributed by atoms with van der Waals surface area (Å²) in [5.41, 5.74) is 0.221. The second kappa shape index (κ2) is 7.61. The van der Waals surface area contributed by atoms with Gasteiger partial charge in [-0.2, -0.15) is 13.2 Å². The first-order valence-corrected chi connectivity index (χ1v) is 9.20. The molecule has 1 aliphatic rings. The van der Waals surface area contributed by atoms with Gasteiger partial charge in [-0.1, -0.05) is 12.1 Å². The lowest BCUT2D eigenvalue weighted by Gasteiger charge is -2.33. The number of aromatic nitrogens is 4. The zero-order chi connectivity index (χ0) is 19.6. The number of imidazole rings is 1. The van der Waals surface area contributed by atoms with Crippen LogP contribution in [-0.2, 0) is 12.7 Å². The smallest absolute Gasteiger partial charge is 0.356 e. The Morgan fingerprint density at radius 1 is 1.11 bits per heavy atom. The molecule has 0 aliphatic carbocycles. The Morgan fingerprint density at radius 3 is 2.79 bits per heavy atom. The van der Waals surface area contributed by atoms with Gasteiger partial charge in [-0.15, -0.1) is 0 Å². The molecule has 146 valence electrons. The summed E-state index contributed by atoms with van der Waals surface area (Å²) in [6, 6.07) is 7.97. The summed E-state index contributed by atoms with van der Waals surface area (Å²) in [5, 5.41) is 0. The molecule has 3 aromatic heterocycles. The molecule has 4 heterocycles. The van der Waals surface area contributed by atoms with Gasteiger partial charge in [0.25, 0.3) is 0 Å². The van der Waals surface area contributed by atoms with E-state index in [4.69, 9.17) is 0 Å². The summed E-state index contributed by atoms with van der Waals surface area (Å²) < 4.78 is 41.1. The first-order valence-electron chi connectivity index (χ1n) is 9.20. The molecule has 0 spiro atoms. The highest BCUT2D eigenvalue weighted by molar-refractivity contribution is 5.41. The summed E-state index contributed by atoms with van der Waals surface area (Å²) in [6.07, 6.45) is 4.65. The first kappa shape index (κ1) is 18.5. The van der Waals surface area contributed by atoms with Crippen molar-refractivity contribution >= 4 is 5.82 Å². The molecule has 1 saturated heterocycles. The predicted octanol–water partition coefficient (Wildman–Crippen LogP) is 4.12. The largest absolute Gasteiger partial charge is 0.433 e. The second-order valence-corrected chi connectivity index (χ2v) is 6.94. The number of hydrogen-bond donors (Lipinski definition) is 0. The molecule has 0 saturated carbocycles. The van der Waals surface area contributed by atoms with Gasteiger partial charge in [0.05, 0.1) is 6.54 Å². The number of piperidine rings is 1. The Morgan fingerprint density at radius 2 is 2.00 bits per heavy atom. The third kappa shape index (κ3) is 4.00. The van der Waals surface area contributed by atoms with Gasteiger partial charge in [0, 0.05) is 43.8 Å². The summed E-state index contributed by atoms with van der Waals surface area (Å²) in [4.78, 5) is 14.4. The molecule has 1 fully saturated rings. The van der Waals surface area contributed by atoms with Crippen molar-refractivity contribution < 1.29 is 13.2 Å².